The normalized spacial score (nSPS) is 28.9. The number of amides is 2. The number of ether oxygens (including phenoxy) is 1. The molecule has 0 unspecified atom stereocenters. The minimum absolute atomic E-state index is 0.0102. The molecule has 0 radical (unpaired) electrons. The van der Waals surface area contributed by atoms with Gasteiger partial charge in [0.25, 0.3) is 0 Å². The molecule has 90 valence electrons. The molecule has 2 atom stereocenters. The lowest BCUT2D eigenvalue weighted by Gasteiger charge is -2.15. The number of unbranched alkanes of at least 4 members (excludes halogenated alkanes) is 3. The van der Waals surface area contributed by atoms with Crippen molar-refractivity contribution in [2.45, 2.75) is 32.6 Å². The zero-order valence-corrected chi connectivity index (χ0v) is 9.78. The lowest BCUT2D eigenvalue weighted by Crippen LogP contribution is -2.33. The van der Waals surface area contributed by atoms with Gasteiger partial charge < -0.3 is 4.74 Å². The monoisotopic (exact) mass is 225 g/mol. The summed E-state index contributed by atoms with van der Waals surface area (Å²) < 4.78 is 5.18. The number of fused-ring (bicyclic) bond motifs is 1. The van der Waals surface area contributed by atoms with E-state index in [1.165, 1.54) is 17.7 Å². The topological polar surface area (TPSA) is 46.6 Å². The van der Waals surface area contributed by atoms with Gasteiger partial charge in [0.15, 0.2) is 0 Å². The molecule has 2 heterocycles. The summed E-state index contributed by atoms with van der Waals surface area (Å²) in [5.41, 5.74) is 0. The van der Waals surface area contributed by atoms with E-state index >= 15 is 0 Å². The van der Waals surface area contributed by atoms with Crippen LogP contribution >= 0.6 is 0 Å². The van der Waals surface area contributed by atoms with Crippen LogP contribution in [0.4, 0.5) is 0 Å². The summed E-state index contributed by atoms with van der Waals surface area (Å²) in [6, 6.07) is 0. The number of hydrogen-bond donors (Lipinski definition) is 0. The lowest BCUT2D eigenvalue weighted by molar-refractivity contribution is -0.141. The van der Waals surface area contributed by atoms with Gasteiger partial charge in [-0.15, -0.1) is 0 Å². The van der Waals surface area contributed by atoms with Crippen LogP contribution in [0.3, 0.4) is 0 Å². The van der Waals surface area contributed by atoms with Crippen molar-refractivity contribution in [1.29, 1.82) is 0 Å². The maximum atomic E-state index is 11.9. The van der Waals surface area contributed by atoms with E-state index in [-0.39, 0.29) is 23.7 Å². The molecule has 2 fully saturated rings. The molecular formula is C12H19NO3. The molecule has 2 aliphatic heterocycles. The van der Waals surface area contributed by atoms with E-state index in [4.69, 9.17) is 4.74 Å². The number of likely N-dealkylation sites (tertiary alicyclic amines) is 1. The Balaban J connectivity index is 1.86. The largest absolute Gasteiger partial charge is 0.380 e. The van der Waals surface area contributed by atoms with Crippen LogP contribution < -0.4 is 0 Å². The Morgan fingerprint density at radius 2 is 1.75 bits per heavy atom. The van der Waals surface area contributed by atoms with Crippen molar-refractivity contribution >= 4 is 11.8 Å². The molecular weight excluding hydrogens is 206 g/mol. The minimum atomic E-state index is -0.182. The van der Waals surface area contributed by atoms with E-state index in [9.17, 15) is 9.59 Å². The van der Waals surface area contributed by atoms with Crippen LogP contribution in [0.2, 0.25) is 0 Å². The second kappa shape index (κ2) is 4.95. The number of imide groups is 1. The van der Waals surface area contributed by atoms with Crippen LogP contribution in [0, 0.1) is 11.8 Å². The summed E-state index contributed by atoms with van der Waals surface area (Å²) in [5, 5.41) is 0. The van der Waals surface area contributed by atoms with Crippen molar-refractivity contribution in [2.75, 3.05) is 19.8 Å². The van der Waals surface area contributed by atoms with Crippen molar-refractivity contribution < 1.29 is 14.3 Å². The number of rotatable bonds is 5. The lowest BCUT2D eigenvalue weighted by atomic mass is 10.00. The molecule has 4 nitrogen and oxygen atoms in total. The van der Waals surface area contributed by atoms with E-state index in [2.05, 4.69) is 6.92 Å². The predicted molar refractivity (Wildman–Crippen MR) is 58.7 cm³/mol. The Morgan fingerprint density at radius 3 is 2.31 bits per heavy atom. The van der Waals surface area contributed by atoms with Gasteiger partial charge in [0.1, 0.15) is 0 Å². The van der Waals surface area contributed by atoms with E-state index < -0.39 is 0 Å². The molecule has 0 bridgehead atoms. The highest BCUT2D eigenvalue weighted by Crippen LogP contribution is 2.31. The van der Waals surface area contributed by atoms with E-state index in [1.807, 2.05) is 0 Å². The van der Waals surface area contributed by atoms with Crippen LogP contribution in [0.5, 0.6) is 0 Å². The second-order valence-electron chi connectivity index (χ2n) is 4.64. The quantitative estimate of drug-likeness (QED) is 0.521. The third-order valence-corrected chi connectivity index (χ3v) is 3.48. The summed E-state index contributed by atoms with van der Waals surface area (Å²) in [6.07, 6.45) is 4.37. The fraction of sp³-hybridized carbons (Fsp3) is 0.833. The average Bonchev–Trinajstić information content (AvgIpc) is 2.83. The molecule has 0 aromatic rings. The number of hydrogen-bond acceptors (Lipinski definition) is 3. The summed E-state index contributed by atoms with van der Waals surface area (Å²) in [6.45, 7) is 3.61. The highest BCUT2D eigenvalue weighted by molar-refractivity contribution is 6.05. The summed E-state index contributed by atoms with van der Waals surface area (Å²) in [7, 11) is 0. The van der Waals surface area contributed by atoms with Crippen LogP contribution in [-0.4, -0.2) is 36.5 Å². The molecule has 2 saturated heterocycles. The SMILES string of the molecule is CCCCCCN1C(=O)[C@H]2COC[C@H]2C1=O. The highest BCUT2D eigenvalue weighted by Gasteiger charge is 2.50. The minimum Gasteiger partial charge on any atom is -0.380 e. The van der Waals surface area contributed by atoms with Gasteiger partial charge in [0, 0.05) is 6.54 Å². The Hall–Kier alpha value is -0.900. The molecule has 0 aromatic heterocycles. The fourth-order valence-electron chi connectivity index (χ4n) is 2.47. The summed E-state index contributed by atoms with van der Waals surface area (Å²) in [4.78, 5) is 25.2. The fourth-order valence-corrected chi connectivity index (χ4v) is 2.47. The van der Waals surface area contributed by atoms with Crippen LogP contribution in [0.15, 0.2) is 0 Å². The van der Waals surface area contributed by atoms with Gasteiger partial charge in [-0.05, 0) is 6.42 Å². The van der Waals surface area contributed by atoms with Crippen LogP contribution in [-0.2, 0) is 14.3 Å². The van der Waals surface area contributed by atoms with E-state index in [0.717, 1.165) is 12.8 Å². The molecule has 0 spiro atoms. The molecule has 2 amide bonds. The summed E-state index contributed by atoms with van der Waals surface area (Å²) >= 11 is 0. The molecule has 4 heteroatoms. The van der Waals surface area contributed by atoms with Crippen molar-refractivity contribution in [2.24, 2.45) is 11.8 Å². The first-order chi connectivity index (χ1) is 7.75. The van der Waals surface area contributed by atoms with E-state index in [0.29, 0.717) is 19.8 Å². The zero-order chi connectivity index (χ0) is 11.5. The molecule has 2 rings (SSSR count). The third kappa shape index (κ3) is 1.98. The molecule has 0 aliphatic carbocycles. The van der Waals surface area contributed by atoms with Crippen molar-refractivity contribution in [3.8, 4) is 0 Å². The Kier molecular flexibility index (Phi) is 3.59. The van der Waals surface area contributed by atoms with Crippen LogP contribution in [0.1, 0.15) is 32.6 Å². The first-order valence-corrected chi connectivity index (χ1v) is 6.18. The third-order valence-electron chi connectivity index (χ3n) is 3.48. The Morgan fingerprint density at radius 1 is 1.12 bits per heavy atom. The molecule has 0 aromatic carbocycles. The van der Waals surface area contributed by atoms with Crippen molar-refractivity contribution in [3.63, 3.8) is 0 Å². The van der Waals surface area contributed by atoms with Gasteiger partial charge in [-0.3, -0.25) is 14.5 Å². The predicted octanol–water partition coefficient (Wildman–Crippen LogP) is 1.20. The zero-order valence-electron chi connectivity index (χ0n) is 9.78. The number of carbonyl (C=O) groups excluding carboxylic acids is 2. The first kappa shape index (κ1) is 11.6. The van der Waals surface area contributed by atoms with Gasteiger partial charge >= 0.3 is 0 Å². The van der Waals surface area contributed by atoms with Gasteiger partial charge in [0.2, 0.25) is 11.8 Å². The van der Waals surface area contributed by atoms with Crippen molar-refractivity contribution in [3.05, 3.63) is 0 Å². The smallest absolute Gasteiger partial charge is 0.235 e. The van der Waals surface area contributed by atoms with Crippen LogP contribution in [0.25, 0.3) is 0 Å². The average molecular weight is 225 g/mol. The standard InChI is InChI=1S/C12H19NO3/c1-2-3-4-5-6-13-11(14)9-7-16-8-10(9)12(13)15/h9-10H,2-8H2,1H3/t9-,10+. The van der Waals surface area contributed by atoms with Gasteiger partial charge in [0.05, 0.1) is 25.0 Å². The second-order valence-corrected chi connectivity index (χ2v) is 4.64. The number of carbonyl (C=O) groups is 2. The molecule has 0 saturated carbocycles. The first-order valence-electron chi connectivity index (χ1n) is 6.18. The summed E-state index contributed by atoms with van der Waals surface area (Å²) in [5.74, 6) is -0.384. The van der Waals surface area contributed by atoms with Gasteiger partial charge in [-0.1, -0.05) is 26.2 Å². The Labute approximate surface area is 95.9 Å². The molecule has 2 aliphatic rings. The Bertz CT molecular complexity index is 268. The van der Waals surface area contributed by atoms with Gasteiger partial charge in [-0.25, -0.2) is 0 Å². The maximum absolute atomic E-state index is 11.9. The molecule has 16 heavy (non-hydrogen) atoms. The van der Waals surface area contributed by atoms with E-state index in [1.54, 1.807) is 0 Å². The molecule has 0 N–H and O–H groups in total. The van der Waals surface area contributed by atoms with Crippen molar-refractivity contribution in [1.82, 2.24) is 4.90 Å². The maximum Gasteiger partial charge on any atom is 0.235 e. The van der Waals surface area contributed by atoms with Gasteiger partial charge in [-0.2, -0.15) is 0 Å². The number of nitrogens with zero attached hydrogens (tertiary/aromatic N) is 1. The highest BCUT2D eigenvalue weighted by atomic mass is 16.5.